The molecule has 4 aliphatic heterocycles. The van der Waals surface area contributed by atoms with Gasteiger partial charge in [-0.05, 0) is 89.5 Å². The van der Waals surface area contributed by atoms with Gasteiger partial charge in [0, 0.05) is 32.8 Å². The molecule has 51 heavy (non-hydrogen) atoms. The number of aliphatic imine (C=N–C) groups is 3. The average Bonchev–Trinajstić information content (AvgIpc) is 4.02. The molecule has 7 heterocycles. The highest BCUT2D eigenvalue weighted by molar-refractivity contribution is 6.33. The normalized spacial score (nSPS) is 16.1. The molecule has 0 spiro atoms. The molecular formula is C45H30N6. The molecule has 4 aliphatic rings. The first-order chi connectivity index (χ1) is 25.2. The number of hydrogen-bond acceptors (Lipinski definition) is 3. The Bertz CT molecular complexity index is 2650. The molecule has 0 atom stereocenters. The molecule has 0 fully saturated rings. The maximum atomic E-state index is 5.19. The summed E-state index contributed by atoms with van der Waals surface area (Å²) in [6.45, 7) is 0. The lowest BCUT2D eigenvalue weighted by atomic mass is 10.0. The number of H-pyrrole nitrogens is 3. The van der Waals surface area contributed by atoms with Crippen molar-refractivity contribution < 1.29 is 0 Å². The van der Waals surface area contributed by atoms with Crippen molar-refractivity contribution in [2.45, 2.75) is 0 Å². The topological polar surface area (TPSA) is 84.5 Å². The summed E-state index contributed by atoms with van der Waals surface area (Å²) < 4.78 is 0. The number of rotatable bonds is 3. The van der Waals surface area contributed by atoms with E-state index in [2.05, 4.69) is 161 Å². The van der Waals surface area contributed by atoms with Gasteiger partial charge in [0.25, 0.3) is 0 Å². The molecule has 0 amide bonds. The molecule has 12 bridgehead atoms. The molecule has 0 saturated heterocycles. The third-order valence-electron chi connectivity index (χ3n) is 9.57. The van der Waals surface area contributed by atoms with Crippen LogP contribution in [0.15, 0.2) is 179 Å². The molecule has 3 N–H and O–H groups in total. The highest BCUT2D eigenvalue weighted by atomic mass is 14.9. The molecule has 10 rings (SSSR count). The van der Waals surface area contributed by atoms with Gasteiger partial charge in [0.2, 0.25) is 0 Å². The lowest BCUT2D eigenvalue weighted by molar-refractivity contribution is 1.24. The molecule has 0 unspecified atom stereocenters. The van der Waals surface area contributed by atoms with Gasteiger partial charge in [-0.2, -0.15) is 0 Å². The van der Waals surface area contributed by atoms with Gasteiger partial charge in [-0.25, -0.2) is 15.0 Å². The van der Waals surface area contributed by atoms with E-state index in [4.69, 9.17) is 15.0 Å². The minimum atomic E-state index is 0.871. The Labute approximate surface area is 292 Å². The van der Waals surface area contributed by atoms with E-state index in [1.165, 1.54) is 0 Å². The maximum absolute atomic E-state index is 5.19. The van der Waals surface area contributed by atoms with Crippen LogP contribution in [0.2, 0.25) is 0 Å². The molecule has 6 heteroatoms. The minimum absolute atomic E-state index is 0.871. The van der Waals surface area contributed by atoms with E-state index in [0.717, 1.165) is 99.7 Å². The van der Waals surface area contributed by atoms with Crippen LogP contribution in [0.4, 0.5) is 0 Å². The standard InChI is InChI=1S/C45H30N6/c1-4-10-28(11-5-1)43-37-22-16-31(46-37)33-18-24-39(48-33)44(29-12-6-2-7-13-29)41-26-20-35(50-41)36-21-27-42(51-36)45(30-14-8-3-9-15-30)40-25-19-34(49-40)32-17-23-38(43)47-32/h1-27,46,49-50H. The lowest BCUT2D eigenvalue weighted by Gasteiger charge is -2.06. The number of aromatic amines is 3. The molecule has 240 valence electrons. The molecular weight excluding hydrogens is 625 g/mol. The fraction of sp³-hybridized carbons (Fsp3) is 0. The number of benzene rings is 3. The Kier molecular flexibility index (Phi) is 6.70. The maximum Gasteiger partial charge on any atom is 0.0872 e. The largest absolute Gasteiger partial charge is 0.353 e. The Hall–Kier alpha value is -7.05. The summed E-state index contributed by atoms with van der Waals surface area (Å²) in [6, 6.07) is 44.0. The molecule has 6 aromatic rings. The number of nitrogens with zero attached hydrogens (tertiary/aromatic N) is 3. The van der Waals surface area contributed by atoms with Gasteiger partial charge >= 0.3 is 0 Å². The molecule has 3 aromatic carbocycles. The predicted octanol–water partition coefficient (Wildman–Crippen LogP) is 4.04. The van der Waals surface area contributed by atoms with Crippen molar-refractivity contribution in [3.8, 4) is 0 Å². The van der Waals surface area contributed by atoms with Gasteiger partial charge < -0.3 is 15.0 Å². The van der Waals surface area contributed by atoms with E-state index in [-0.39, 0.29) is 0 Å². The highest BCUT2D eigenvalue weighted by Crippen LogP contribution is 2.23. The first-order valence-corrected chi connectivity index (χ1v) is 17.0. The number of hydrogen-bond donors (Lipinski definition) is 3. The van der Waals surface area contributed by atoms with E-state index in [1.54, 1.807) is 0 Å². The van der Waals surface area contributed by atoms with E-state index in [9.17, 15) is 0 Å². The molecule has 0 saturated carbocycles. The fourth-order valence-electron chi connectivity index (χ4n) is 7.16. The van der Waals surface area contributed by atoms with Crippen LogP contribution in [0.25, 0.3) is 33.8 Å². The summed E-state index contributed by atoms with van der Waals surface area (Å²) in [5.41, 5.74) is 11.6. The number of allylic oxidation sites excluding steroid dienone is 3. The van der Waals surface area contributed by atoms with Crippen LogP contribution in [0.3, 0.4) is 0 Å². The highest BCUT2D eigenvalue weighted by Gasteiger charge is 2.19. The zero-order valence-corrected chi connectivity index (χ0v) is 27.4. The second-order valence-electron chi connectivity index (χ2n) is 12.7. The van der Waals surface area contributed by atoms with Crippen LogP contribution in [0, 0.1) is 0 Å². The van der Waals surface area contributed by atoms with Crippen molar-refractivity contribution in [3.63, 3.8) is 0 Å². The van der Waals surface area contributed by atoms with E-state index < -0.39 is 0 Å². The monoisotopic (exact) mass is 654 g/mol. The summed E-state index contributed by atoms with van der Waals surface area (Å²) in [6.07, 6.45) is 12.5. The smallest absolute Gasteiger partial charge is 0.0872 e. The zero-order valence-electron chi connectivity index (χ0n) is 27.4. The molecule has 6 nitrogen and oxygen atoms in total. The van der Waals surface area contributed by atoms with Crippen LogP contribution in [-0.2, 0) is 0 Å². The Morgan fingerprint density at radius 1 is 0.275 bits per heavy atom. The Morgan fingerprint density at radius 3 is 0.843 bits per heavy atom. The van der Waals surface area contributed by atoms with Gasteiger partial charge in [0.05, 0.1) is 50.3 Å². The van der Waals surface area contributed by atoms with Crippen LogP contribution in [-0.4, -0.2) is 32.1 Å². The molecule has 0 aliphatic carbocycles. The lowest BCUT2D eigenvalue weighted by Crippen LogP contribution is -2.19. The van der Waals surface area contributed by atoms with Gasteiger partial charge in [0.15, 0.2) is 0 Å². The third-order valence-corrected chi connectivity index (χ3v) is 9.57. The average molecular weight is 655 g/mol. The van der Waals surface area contributed by atoms with Crippen LogP contribution in [0.5, 0.6) is 0 Å². The van der Waals surface area contributed by atoms with Crippen molar-refractivity contribution >= 4 is 50.9 Å². The zero-order chi connectivity index (χ0) is 33.7. The second-order valence-corrected chi connectivity index (χ2v) is 12.7. The Morgan fingerprint density at radius 2 is 0.549 bits per heavy atom. The summed E-state index contributed by atoms with van der Waals surface area (Å²) >= 11 is 0. The van der Waals surface area contributed by atoms with E-state index >= 15 is 0 Å². The quantitative estimate of drug-likeness (QED) is 0.258. The Balaban J connectivity index is 1.31. The van der Waals surface area contributed by atoms with Crippen molar-refractivity contribution in [2.24, 2.45) is 15.0 Å². The van der Waals surface area contributed by atoms with E-state index in [0.29, 0.717) is 0 Å². The second kappa shape index (κ2) is 11.8. The molecule has 0 radical (unpaired) electrons. The van der Waals surface area contributed by atoms with Gasteiger partial charge in [-0.15, -0.1) is 0 Å². The van der Waals surface area contributed by atoms with Crippen molar-refractivity contribution in [1.29, 1.82) is 0 Å². The number of fused-ring (bicyclic) bond motifs is 9. The van der Waals surface area contributed by atoms with Crippen LogP contribution in [0.1, 0.15) is 16.7 Å². The minimum Gasteiger partial charge on any atom is -0.353 e. The third kappa shape index (κ3) is 5.09. The van der Waals surface area contributed by atoms with Gasteiger partial charge in [0.1, 0.15) is 0 Å². The fourth-order valence-corrected chi connectivity index (χ4v) is 7.16. The van der Waals surface area contributed by atoms with Gasteiger partial charge in [-0.3, -0.25) is 0 Å². The number of nitrogens with one attached hydrogen (secondary N) is 3. The van der Waals surface area contributed by atoms with Crippen LogP contribution >= 0.6 is 0 Å². The molecule has 3 aromatic heterocycles. The summed E-state index contributed by atoms with van der Waals surface area (Å²) in [7, 11) is 0. The van der Waals surface area contributed by atoms with Crippen molar-refractivity contribution in [1.82, 2.24) is 15.0 Å². The van der Waals surface area contributed by atoms with Crippen LogP contribution < -0.4 is 32.1 Å². The first kappa shape index (κ1) is 28.9. The first-order valence-electron chi connectivity index (χ1n) is 17.0. The summed E-state index contributed by atoms with van der Waals surface area (Å²) in [4.78, 5) is 26.6. The van der Waals surface area contributed by atoms with E-state index in [1.807, 2.05) is 18.2 Å². The predicted molar refractivity (Wildman–Crippen MR) is 207 cm³/mol. The van der Waals surface area contributed by atoms with Crippen molar-refractivity contribution in [2.75, 3.05) is 0 Å². The summed E-state index contributed by atoms with van der Waals surface area (Å²) in [5.74, 6) is 0. The van der Waals surface area contributed by atoms with Crippen molar-refractivity contribution in [3.05, 3.63) is 213 Å². The summed E-state index contributed by atoms with van der Waals surface area (Å²) in [5, 5.41) is 5.74. The number of aromatic nitrogens is 3. The van der Waals surface area contributed by atoms with Gasteiger partial charge in [-0.1, -0.05) is 91.0 Å². The SMILES string of the molecule is C1=CC2=c3ccc([nH]3)=C(c3ccccc3)C3=NC(=c4ccc([nH]4)=C(c4ccccc4)C4=NC(=c5ccc([nH]5)=C(c5ccccc5)C1=N2)C=C4)C=C3.